The van der Waals surface area contributed by atoms with E-state index in [0.29, 0.717) is 6.54 Å². The molecule has 0 heterocycles. The molecule has 0 aromatic heterocycles. The summed E-state index contributed by atoms with van der Waals surface area (Å²) in [5.41, 5.74) is 1.99. The minimum Gasteiger partial charge on any atom is -0.507 e. The van der Waals surface area contributed by atoms with Crippen molar-refractivity contribution in [2.75, 3.05) is 6.54 Å². The van der Waals surface area contributed by atoms with Gasteiger partial charge in [0.25, 0.3) is 5.91 Å². The molecule has 3 N–H and O–H groups in total. The highest BCUT2D eigenvalue weighted by Crippen LogP contribution is 2.17. The van der Waals surface area contributed by atoms with Crippen molar-refractivity contribution < 1.29 is 14.7 Å². The number of nitrogens with one attached hydrogen (secondary N) is 2. The van der Waals surface area contributed by atoms with Crippen molar-refractivity contribution in [1.29, 1.82) is 0 Å². The highest BCUT2D eigenvalue weighted by atomic mass is 16.3. The van der Waals surface area contributed by atoms with Crippen LogP contribution < -0.4 is 10.6 Å². The van der Waals surface area contributed by atoms with Gasteiger partial charge in [-0.3, -0.25) is 9.59 Å². The number of aryl methyl sites for hydroxylation is 1. The number of aromatic hydroxyl groups is 1. The highest BCUT2D eigenvalue weighted by Gasteiger charge is 2.12. The van der Waals surface area contributed by atoms with Gasteiger partial charge in [0, 0.05) is 6.54 Å². The molecule has 0 aliphatic carbocycles. The number of carbonyl (C=O) groups is 2. The van der Waals surface area contributed by atoms with Crippen LogP contribution in [-0.2, 0) is 11.3 Å². The van der Waals surface area contributed by atoms with Gasteiger partial charge in [0.15, 0.2) is 0 Å². The molecule has 2 amide bonds. The van der Waals surface area contributed by atoms with Crippen LogP contribution in [0.4, 0.5) is 0 Å². The van der Waals surface area contributed by atoms with Crippen molar-refractivity contribution in [1.82, 2.24) is 10.6 Å². The van der Waals surface area contributed by atoms with E-state index in [9.17, 15) is 14.7 Å². The molecule has 0 aliphatic heterocycles. The van der Waals surface area contributed by atoms with E-state index in [1.165, 1.54) is 12.1 Å². The van der Waals surface area contributed by atoms with Crippen LogP contribution in [0.3, 0.4) is 0 Å². The third kappa shape index (κ3) is 4.34. The largest absolute Gasteiger partial charge is 0.507 e. The molecule has 0 fully saturated rings. The van der Waals surface area contributed by atoms with E-state index in [4.69, 9.17) is 0 Å². The summed E-state index contributed by atoms with van der Waals surface area (Å²) in [7, 11) is 0. The summed E-state index contributed by atoms with van der Waals surface area (Å²) >= 11 is 0. The lowest BCUT2D eigenvalue weighted by atomic mass is 10.1. The zero-order valence-corrected chi connectivity index (χ0v) is 12.3. The quantitative estimate of drug-likeness (QED) is 0.787. The number of rotatable bonds is 5. The second-order valence-corrected chi connectivity index (χ2v) is 4.97. The SMILES string of the molecule is Cc1ccc(C(=O)NCC(=O)NCc2ccccc2)c(O)c1. The number of hydrogen-bond acceptors (Lipinski definition) is 3. The van der Waals surface area contributed by atoms with Gasteiger partial charge in [0.1, 0.15) is 5.75 Å². The minimum atomic E-state index is -0.479. The molecule has 114 valence electrons. The first-order valence-electron chi connectivity index (χ1n) is 6.94. The molecule has 0 radical (unpaired) electrons. The van der Waals surface area contributed by atoms with Gasteiger partial charge in [-0.1, -0.05) is 36.4 Å². The lowest BCUT2D eigenvalue weighted by molar-refractivity contribution is -0.120. The van der Waals surface area contributed by atoms with Crippen LogP contribution in [0.5, 0.6) is 5.75 Å². The Balaban J connectivity index is 1.82. The molecule has 0 saturated heterocycles. The standard InChI is InChI=1S/C17H18N2O3/c1-12-7-8-14(15(20)9-12)17(22)19-11-16(21)18-10-13-5-3-2-4-6-13/h2-9,20H,10-11H2,1H3,(H,18,21)(H,19,22). The Hall–Kier alpha value is -2.82. The summed E-state index contributed by atoms with van der Waals surface area (Å²) in [4.78, 5) is 23.6. The number of amides is 2. The molecule has 2 aromatic rings. The van der Waals surface area contributed by atoms with E-state index in [1.54, 1.807) is 6.07 Å². The number of benzene rings is 2. The molecule has 0 bridgehead atoms. The summed E-state index contributed by atoms with van der Waals surface area (Å²) in [6.07, 6.45) is 0. The first kappa shape index (κ1) is 15.6. The molecule has 5 nitrogen and oxygen atoms in total. The Morgan fingerprint density at radius 2 is 1.77 bits per heavy atom. The Morgan fingerprint density at radius 1 is 1.05 bits per heavy atom. The van der Waals surface area contributed by atoms with Gasteiger partial charge in [-0.25, -0.2) is 0 Å². The fourth-order valence-electron chi connectivity index (χ4n) is 1.95. The molecule has 0 atom stereocenters. The number of hydrogen-bond donors (Lipinski definition) is 3. The van der Waals surface area contributed by atoms with Crippen LogP contribution in [0, 0.1) is 6.92 Å². The molecule has 2 rings (SSSR count). The van der Waals surface area contributed by atoms with Crippen molar-refractivity contribution in [2.45, 2.75) is 13.5 Å². The van der Waals surface area contributed by atoms with Crippen molar-refractivity contribution in [2.24, 2.45) is 0 Å². The molecule has 0 aliphatic rings. The second kappa shape index (κ2) is 7.26. The molecular formula is C17H18N2O3. The summed E-state index contributed by atoms with van der Waals surface area (Å²) < 4.78 is 0. The number of carbonyl (C=O) groups excluding carboxylic acids is 2. The maximum Gasteiger partial charge on any atom is 0.255 e. The molecule has 5 heteroatoms. The second-order valence-electron chi connectivity index (χ2n) is 4.97. The zero-order valence-electron chi connectivity index (χ0n) is 12.3. The molecule has 0 spiro atoms. The van der Waals surface area contributed by atoms with E-state index in [2.05, 4.69) is 10.6 Å². The smallest absolute Gasteiger partial charge is 0.255 e. The molecule has 2 aromatic carbocycles. The van der Waals surface area contributed by atoms with Gasteiger partial charge in [-0.15, -0.1) is 0 Å². The van der Waals surface area contributed by atoms with Crippen molar-refractivity contribution in [3.63, 3.8) is 0 Å². The van der Waals surface area contributed by atoms with E-state index in [1.807, 2.05) is 37.3 Å². The van der Waals surface area contributed by atoms with Gasteiger partial charge in [-0.05, 0) is 30.2 Å². The molecular weight excluding hydrogens is 280 g/mol. The predicted octanol–water partition coefficient (Wildman–Crippen LogP) is 1.75. The zero-order chi connectivity index (χ0) is 15.9. The number of phenols is 1. The summed E-state index contributed by atoms with van der Waals surface area (Å²) in [5, 5.41) is 14.9. The maximum atomic E-state index is 11.9. The van der Waals surface area contributed by atoms with Crippen LogP contribution in [0.25, 0.3) is 0 Å². The third-order valence-corrected chi connectivity index (χ3v) is 3.14. The van der Waals surface area contributed by atoms with Gasteiger partial charge in [0.2, 0.25) is 5.91 Å². The Labute approximate surface area is 129 Å². The van der Waals surface area contributed by atoms with E-state index < -0.39 is 5.91 Å². The normalized spacial score (nSPS) is 10.0. The van der Waals surface area contributed by atoms with Crippen LogP contribution >= 0.6 is 0 Å². The Morgan fingerprint density at radius 3 is 2.45 bits per heavy atom. The van der Waals surface area contributed by atoms with Crippen LogP contribution in [-0.4, -0.2) is 23.5 Å². The third-order valence-electron chi connectivity index (χ3n) is 3.14. The molecule has 0 unspecified atom stereocenters. The first-order valence-corrected chi connectivity index (χ1v) is 6.94. The maximum absolute atomic E-state index is 11.9. The predicted molar refractivity (Wildman–Crippen MR) is 83.5 cm³/mol. The Bertz CT molecular complexity index is 669. The van der Waals surface area contributed by atoms with Crippen LogP contribution in [0.2, 0.25) is 0 Å². The van der Waals surface area contributed by atoms with E-state index in [-0.39, 0.29) is 23.8 Å². The van der Waals surface area contributed by atoms with Crippen LogP contribution in [0.1, 0.15) is 21.5 Å². The number of phenolic OH excluding ortho intramolecular Hbond substituents is 1. The summed E-state index contributed by atoms with van der Waals surface area (Å²) in [6.45, 7) is 2.09. The van der Waals surface area contributed by atoms with Crippen molar-refractivity contribution >= 4 is 11.8 Å². The molecule has 0 saturated carbocycles. The Kier molecular flexibility index (Phi) is 5.14. The summed E-state index contributed by atoms with van der Waals surface area (Å²) in [6, 6.07) is 14.3. The summed E-state index contributed by atoms with van der Waals surface area (Å²) in [5.74, 6) is -0.863. The fourth-order valence-corrected chi connectivity index (χ4v) is 1.95. The lowest BCUT2D eigenvalue weighted by Crippen LogP contribution is -2.36. The van der Waals surface area contributed by atoms with E-state index in [0.717, 1.165) is 11.1 Å². The van der Waals surface area contributed by atoms with Gasteiger partial charge < -0.3 is 15.7 Å². The monoisotopic (exact) mass is 298 g/mol. The molecule has 22 heavy (non-hydrogen) atoms. The van der Waals surface area contributed by atoms with Crippen molar-refractivity contribution in [3.05, 3.63) is 65.2 Å². The topological polar surface area (TPSA) is 78.4 Å². The lowest BCUT2D eigenvalue weighted by Gasteiger charge is -2.08. The minimum absolute atomic E-state index is 0.0952. The van der Waals surface area contributed by atoms with Gasteiger partial charge >= 0.3 is 0 Å². The average molecular weight is 298 g/mol. The van der Waals surface area contributed by atoms with Crippen molar-refractivity contribution in [3.8, 4) is 5.75 Å². The average Bonchev–Trinajstić information content (AvgIpc) is 2.51. The van der Waals surface area contributed by atoms with Crippen LogP contribution in [0.15, 0.2) is 48.5 Å². The van der Waals surface area contributed by atoms with Gasteiger partial charge in [-0.2, -0.15) is 0 Å². The van der Waals surface area contributed by atoms with E-state index >= 15 is 0 Å². The van der Waals surface area contributed by atoms with Gasteiger partial charge in [0.05, 0.1) is 12.1 Å². The fraction of sp³-hybridized carbons (Fsp3) is 0.176. The first-order chi connectivity index (χ1) is 10.6. The highest BCUT2D eigenvalue weighted by molar-refractivity contribution is 5.98.